The Balaban J connectivity index is 1.56. The number of hydrogen-bond donors (Lipinski definition) is 0. The molecule has 0 aliphatic carbocycles. The van der Waals surface area contributed by atoms with Crippen LogP contribution in [0.25, 0.3) is 66.1 Å². The van der Waals surface area contributed by atoms with Crippen LogP contribution in [0.2, 0.25) is 0 Å². The van der Waals surface area contributed by atoms with Gasteiger partial charge in [0.05, 0.1) is 39.0 Å². The smallest absolute Gasteiger partial charge is 0.308 e. The highest BCUT2D eigenvalue weighted by Crippen LogP contribution is 2.42. The van der Waals surface area contributed by atoms with E-state index in [9.17, 15) is 18.4 Å². The summed E-state index contributed by atoms with van der Waals surface area (Å²) in [5.41, 5.74) is 7.52. The molecule has 0 radical (unpaired) electrons. The van der Waals surface area contributed by atoms with Crippen LogP contribution in [0.3, 0.4) is 0 Å². The van der Waals surface area contributed by atoms with Gasteiger partial charge >= 0.3 is 6.18 Å². The van der Waals surface area contributed by atoms with Crippen molar-refractivity contribution in [1.82, 2.24) is 9.13 Å². The molecule has 0 fully saturated rings. The van der Waals surface area contributed by atoms with Gasteiger partial charge in [-0.25, -0.2) is 0 Å². The van der Waals surface area contributed by atoms with Crippen molar-refractivity contribution in [1.29, 1.82) is 5.26 Å². The van der Waals surface area contributed by atoms with Gasteiger partial charge < -0.3 is 9.13 Å². The zero-order valence-corrected chi connectivity index (χ0v) is 30.0. The third kappa shape index (κ3) is 5.35. The molecule has 0 saturated carbocycles. The summed E-state index contributed by atoms with van der Waals surface area (Å²) in [6, 6.07) is 40.9. The van der Waals surface area contributed by atoms with Crippen molar-refractivity contribution in [3.8, 4) is 28.6 Å². The van der Waals surface area contributed by atoms with Crippen molar-refractivity contribution in [2.75, 3.05) is 0 Å². The largest absolute Gasteiger partial charge is 0.416 e. The molecular weight excluding hydrogens is 652 g/mol. The Hall–Kier alpha value is -5.80. The van der Waals surface area contributed by atoms with Gasteiger partial charge in [0, 0.05) is 21.5 Å². The molecule has 258 valence electrons. The summed E-state index contributed by atoms with van der Waals surface area (Å²) in [4.78, 5) is 0. The Morgan fingerprint density at radius 3 is 1.37 bits per heavy atom. The minimum absolute atomic E-state index is 0.147. The lowest BCUT2D eigenvalue weighted by atomic mass is 9.86. The highest BCUT2D eigenvalue weighted by Gasteiger charge is 2.31. The molecule has 0 amide bonds. The van der Waals surface area contributed by atoms with E-state index >= 15 is 0 Å². The van der Waals surface area contributed by atoms with Crippen molar-refractivity contribution in [2.45, 2.75) is 58.5 Å². The average Bonchev–Trinajstić information content (AvgIpc) is 3.62. The van der Waals surface area contributed by atoms with Gasteiger partial charge in [0.2, 0.25) is 0 Å². The van der Waals surface area contributed by atoms with E-state index in [0.717, 1.165) is 60.8 Å². The highest BCUT2D eigenvalue weighted by atomic mass is 19.4. The number of hydrogen-bond acceptors (Lipinski definition) is 1. The molecule has 8 rings (SSSR count). The van der Waals surface area contributed by atoms with Crippen LogP contribution in [0, 0.1) is 11.3 Å². The van der Waals surface area contributed by atoms with Crippen LogP contribution in [0.1, 0.15) is 63.8 Å². The summed E-state index contributed by atoms with van der Waals surface area (Å²) < 4.78 is 46.6. The lowest BCUT2D eigenvalue weighted by molar-refractivity contribution is -0.137. The Labute approximate surface area is 301 Å². The molecule has 0 unspecified atom stereocenters. The monoisotopic (exact) mass is 689 g/mol. The Bertz CT molecular complexity index is 2600. The summed E-state index contributed by atoms with van der Waals surface area (Å²) in [7, 11) is 0. The third-order valence-electron chi connectivity index (χ3n) is 10.3. The zero-order valence-electron chi connectivity index (χ0n) is 30.0. The number of nitrogens with zero attached hydrogens (tertiary/aromatic N) is 3. The van der Waals surface area contributed by atoms with E-state index in [1.165, 1.54) is 12.1 Å². The van der Waals surface area contributed by atoms with Gasteiger partial charge in [0.15, 0.2) is 0 Å². The van der Waals surface area contributed by atoms with Gasteiger partial charge in [-0.1, -0.05) is 114 Å². The SMILES string of the molecule is CC(C)(C)c1ccc2c3ccccc3n(-c3cc(-c4cccc(C(F)(F)F)c4)cc(-n4c5ccccc5c5ccc(C(C)(C)C)cc54)c3C#N)c2c1. The number of nitriles is 1. The molecule has 52 heavy (non-hydrogen) atoms. The summed E-state index contributed by atoms with van der Waals surface area (Å²) in [5.74, 6) is 0. The summed E-state index contributed by atoms with van der Waals surface area (Å²) >= 11 is 0. The van der Waals surface area contributed by atoms with Crippen LogP contribution in [-0.4, -0.2) is 9.13 Å². The van der Waals surface area contributed by atoms with Crippen LogP contribution >= 0.6 is 0 Å². The maximum atomic E-state index is 14.1. The van der Waals surface area contributed by atoms with Gasteiger partial charge in [0.25, 0.3) is 0 Å². The van der Waals surface area contributed by atoms with Crippen molar-refractivity contribution >= 4 is 43.6 Å². The number of fused-ring (bicyclic) bond motifs is 6. The predicted octanol–water partition coefficient (Wildman–Crippen LogP) is 13.0. The first-order valence-corrected chi connectivity index (χ1v) is 17.5. The quantitative estimate of drug-likeness (QED) is 0.182. The van der Waals surface area contributed by atoms with Gasteiger partial charge in [-0.3, -0.25) is 0 Å². The normalized spacial score (nSPS) is 12.7. The molecule has 0 atom stereocenters. The van der Waals surface area contributed by atoms with E-state index in [4.69, 9.17) is 0 Å². The molecule has 6 heteroatoms. The van der Waals surface area contributed by atoms with Crippen molar-refractivity contribution < 1.29 is 13.2 Å². The van der Waals surface area contributed by atoms with E-state index in [1.807, 2.05) is 48.5 Å². The lowest BCUT2D eigenvalue weighted by Crippen LogP contribution is -2.11. The van der Waals surface area contributed by atoms with E-state index in [1.54, 1.807) is 6.07 Å². The second-order valence-electron chi connectivity index (χ2n) is 15.7. The van der Waals surface area contributed by atoms with Gasteiger partial charge in [0.1, 0.15) is 11.6 Å². The van der Waals surface area contributed by atoms with Gasteiger partial charge in [-0.05, 0) is 81.6 Å². The Morgan fingerprint density at radius 2 is 0.923 bits per heavy atom. The number of halogens is 3. The third-order valence-corrected chi connectivity index (χ3v) is 10.3. The van der Waals surface area contributed by atoms with Crippen LogP contribution in [0.5, 0.6) is 0 Å². The fraction of sp³-hybridized carbons (Fsp3) is 0.196. The zero-order chi connectivity index (χ0) is 36.7. The first-order valence-electron chi connectivity index (χ1n) is 17.5. The number of aromatic nitrogens is 2. The standard InChI is InChI=1S/C46H38F3N3/c1-44(2,3)30-18-20-35-33-14-7-9-16-38(33)51(42(35)25-30)40-23-29(28-12-11-13-32(22-28)46(47,48)49)24-41(37(40)27-50)52-39-17-10-8-15-34(39)36-21-19-31(26-43(36)52)45(4,5)6/h7-26H,1-6H3. The van der Waals surface area contributed by atoms with Gasteiger partial charge in [-0.15, -0.1) is 0 Å². The summed E-state index contributed by atoms with van der Waals surface area (Å²) in [6.45, 7) is 13.0. The Morgan fingerprint density at radius 1 is 0.462 bits per heavy atom. The highest BCUT2D eigenvalue weighted by molar-refractivity contribution is 6.11. The fourth-order valence-electron chi connectivity index (χ4n) is 7.51. The predicted molar refractivity (Wildman–Crippen MR) is 208 cm³/mol. The molecule has 2 heterocycles. The van der Waals surface area contributed by atoms with Crippen LogP contribution < -0.4 is 0 Å². The number of rotatable bonds is 3. The molecule has 0 N–H and O–H groups in total. The van der Waals surface area contributed by atoms with Crippen molar-refractivity contribution in [2.24, 2.45) is 0 Å². The second-order valence-corrected chi connectivity index (χ2v) is 15.7. The second kappa shape index (κ2) is 11.6. The molecular formula is C46H38F3N3. The maximum absolute atomic E-state index is 14.1. The minimum Gasteiger partial charge on any atom is -0.308 e. The van der Waals surface area contributed by atoms with E-state index in [2.05, 4.69) is 105 Å². The van der Waals surface area contributed by atoms with Crippen molar-refractivity contribution in [3.05, 3.63) is 144 Å². The molecule has 0 saturated heterocycles. The first kappa shape index (κ1) is 33.3. The lowest BCUT2D eigenvalue weighted by Gasteiger charge is -2.22. The number of alkyl halides is 3. The van der Waals surface area contributed by atoms with Crippen LogP contribution in [-0.2, 0) is 17.0 Å². The van der Waals surface area contributed by atoms with Crippen LogP contribution in [0.4, 0.5) is 13.2 Å². The van der Waals surface area contributed by atoms with Crippen LogP contribution in [0.15, 0.2) is 121 Å². The number of para-hydroxylation sites is 2. The minimum atomic E-state index is -4.51. The molecule has 6 aromatic carbocycles. The summed E-state index contributed by atoms with van der Waals surface area (Å²) in [6.07, 6.45) is -4.51. The Kier molecular flexibility index (Phi) is 7.45. The first-order chi connectivity index (χ1) is 24.6. The van der Waals surface area contributed by atoms with E-state index < -0.39 is 11.7 Å². The fourth-order valence-corrected chi connectivity index (χ4v) is 7.51. The maximum Gasteiger partial charge on any atom is 0.416 e. The molecule has 3 nitrogen and oxygen atoms in total. The molecule has 2 aromatic heterocycles. The summed E-state index contributed by atoms with van der Waals surface area (Å²) in [5, 5.41) is 15.4. The number of benzene rings is 6. The topological polar surface area (TPSA) is 33.6 Å². The van der Waals surface area contributed by atoms with Gasteiger partial charge in [-0.2, -0.15) is 18.4 Å². The molecule has 0 bridgehead atoms. The average molecular weight is 690 g/mol. The molecule has 0 aliphatic heterocycles. The molecule has 0 aliphatic rings. The van der Waals surface area contributed by atoms with E-state index in [-0.39, 0.29) is 10.8 Å². The molecule has 8 aromatic rings. The van der Waals surface area contributed by atoms with E-state index in [0.29, 0.717) is 28.1 Å². The molecule has 0 spiro atoms. The van der Waals surface area contributed by atoms with Crippen molar-refractivity contribution in [3.63, 3.8) is 0 Å².